The van der Waals surface area contributed by atoms with Crippen molar-refractivity contribution >= 4 is 17.5 Å². The molecule has 0 aliphatic rings. The molecule has 1 rings (SSSR count). The molecule has 104 valence electrons. The molecule has 3 N–H and O–H groups in total. The molecule has 1 heterocycles. The lowest BCUT2D eigenvalue weighted by Crippen LogP contribution is -2.29. The summed E-state index contributed by atoms with van der Waals surface area (Å²) < 4.78 is 0. The summed E-state index contributed by atoms with van der Waals surface area (Å²) in [4.78, 5) is 26.8. The Hall–Kier alpha value is -2.11. The SMILES string of the molecule is CCCNc1ccnc(C(=O)NCCC(=O)NC)c1. The Morgan fingerprint density at radius 2 is 2.11 bits per heavy atom. The minimum atomic E-state index is -0.274. The van der Waals surface area contributed by atoms with Gasteiger partial charge in [0.15, 0.2) is 0 Å². The van der Waals surface area contributed by atoms with Gasteiger partial charge in [-0.1, -0.05) is 6.92 Å². The van der Waals surface area contributed by atoms with Crippen LogP contribution in [0.15, 0.2) is 18.3 Å². The molecule has 0 unspecified atom stereocenters. The summed E-state index contributed by atoms with van der Waals surface area (Å²) in [5.41, 5.74) is 1.21. The van der Waals surface area contributed by atoms with Gasteiger partial charge in [-0.2, -0.15) is 0 Å². The quantitative estimate of drug-likeness (QED) is 0.679. The van der Waals surface area contributed by atoms with Crippen LogP contribution < -0.4 is 16.0 Å². The van der Waals surface area contributed by atoms with Crippen molar-refractivity contribution in [2.24, 2.45) is 0 Å². The van der Waals surface area contributed by atoms with E-state index in [-0.39, 0.29) is 18.2 Å². The maximum atomic E-state index is 11.8. The maximum absolute atomic E-state index is 11.8. The molecule has 0 atom stereocenters. The third kappa shape index (κ3) is 5.37. The Labute approximate surface area is 113 Å². The highest BCUT2D eigenvalue weighted by Crippen LogP contribution is 2.07. The predicted molar refractivity (Wildman–Crippen MR) is 74.0 cm³/mol. The summed E-state index contributed by atoms with van der Waals surface area (Å²) in [5, 5.41) is 8.34. The highest BCUT2D eigenvalue weighted by molar-refractivity contribution is 5.93. The molecule has 0 spiro atoms. The van der Waals surface area contributed by atoms with E-state index in [0.717, 1.165) is 18.7 Å². The van der Waals surface area contributed by atoms with Crippen molar-refractivity contribution in [1.29, 1.82) is 0 Å². The second kappa shape index (κ2) is 8.07. The van der Waals surface area contributed by atoms with Gasteiger partial charge in [-0.15, -0.1) is 0 Å². The summed E-state index contributed by atoms with van der Waals surface area (Å²) in [5.74, 6) is -0.379. The molecule has 0 saturated heterocycles. The molecular formula is C13H20N4O2. The number of nitrogens with one attached hydrogen (secondary N) is 3. The molecule has 6 heteroatoms. The van der Waals surface area contributed by atoms with Crippen LogP contribution in [-0.4, -0.2) is 36.9 Å². The van der Waals surface area contributed by atoms with E-state index < -0.39 is 0 Å². The lowest BCUT2D eigenvalue weighted by Gasteiger charge is -2.07. The van der Waals surface area contributed by atoms with Crippen molar-refractivity contribution in [3.8, 4) is 0 Å². The van der Waals surface area contributed by atoms with E-state index in [1.54, 1.807) is 19.3 Å². The largest absolute Gasteiger partial charge is 0.385 e. The lowest BCUT2D eigenvalue weighted by atomic mass is 10.3. The summed E-state index contributed by atoms with van der Waals surface area (Å²) in [6.45, 7) is 3.22. The van der Waals surface area contributed by atoms with Crippen LogP contribution in [0.1, 0.15) is 30.3 Å². The van der Waals surface area contributed by atoms with Crippen LogP contribution in [0.3, 0.4) is 0 Å². The van der Waals surface area contributed by atoms with Gasteiger partial charge in [-0.3, -0.25) is 14.6 Å². The number of nitrogens with zero attached hydrogens (tertiary/aromatic N) is 1. The summed E-state index contributed by atoms with van der Waals surface area (Å²) >= 11 is 0. The molecule has 1 aromatic rings. The molecular weight excluding hydrogens is 244 g/mol. The minimum Gasteiger partial charge on any atom is -0.385 e. The van der Waals surface area contributed by atoms with E-state index in [1.807, 2.05) is 6.07 Å². The molecule has 0 fully saturated rings. The Bertz CT molecular complexity index is 434. The highest BCUT2D eigenvalue weighted by atomic mass is 16.2. The number of amides is 2. The van der Waals surface area contributed by atoms with Gasteiger partial charge in [0.2, 0.25) is 5.91 Å². The smallest absolute Gasteiger partial charge is 0.269 e. The van der Waals surface area contributed by atoms with Crippen LogP contribution in [0.25, 0.3) is 0 Å². The molecule has 0 aromatic carbocycles. The fraction of sp³-hybridized carbons (Fsp3) is 0.462. The number of hydrogen-bond donors (Lipinski definition) is 3. The van der Waals surface area contributed by atoms with Crippen molar-refractivity contribution in [3.63, 3.8) is 0 Å². The normalized spacial score (nSPS) is 9.79. The Morgan fingerprint density at radius 1 is 1.32 bits per heavy atom. The van der Waals surface area contributed by atoms with Gasteiger partial charge in [0, 0.05) is 38.4 Å². The minimum absolute atomic E-state index is 0.105. The molecule has 0 aliphatic carbocycles. The third-order valence-corrected chi connectivity index (χ3v) is 2.49. The fourth-order valence-electron chi connectivity index (χ4n) is 1.44. The number of carbonyl (C=O) groups excluding carboxylic acids is 2. The van der Waals surface area contributed by atoms with Crippen LogP contribution in [0.5, 0.6) is 0 Å². The zero-order chi connectivity index (χ0) is 14.1. The van der Waals surface area contributed by atoms with E-state index >= 15 is 0 Å². The molecule has 0 saturated carbocycles. The number of aromatic nitrogens is 1. The standard InChI is InChI=1S/C13H20N4O2/c1-3-6-15-10-4-7-16-11(9-10)13(19)17-8-5-12(18)14-2/h4,7,9H,3,5-6,8H2,1-2H3,(H,14,18)(H,15,16)(H,17,19). The molecule has 1 aromatic heterocycles. The highest BCUT2D eigenvalue weighted by Gasteiger charge is 2.08. The van der Waals surface area contributed by atoms with Crippen LogP contribution in [-0.2, 0) is 4.79 Å². The maximum Gasteiger partial charge on any atom is 0.269 e. The van der Waals surface area contributed by atoms with Crippen molar-refractivity contribution in [2.75, 3.05) is 25.5 Å². The topological polar surface area (TPSA) is 83.1 Å². The first-order chi connectivity index (χ1) is 9.17. The van der Waals surface area contributed by atoms with Crippen LogP contribution in [0.4, 0.5) is 5.69 Å². The Kier molecular flexibility index (Phi) is 6.35. The number of hydrogen-bond acceptors (Lipinski definition) is 4. The zero-order valence-corrected chi connectivity index (χ0v) is 11.3. The number of pyridine rings is 1. The number of anilines is 1. The van der Waals surface area contributed by atoms with Gasteiger partial charge >= 0.3 is 0 Å². The van der Waals surface area contributed by atoms with Crippen molar-refractivity contribution in [2.45, 2.75) is 19.8 Å². The van der Waals surface area contributed by atoms with Crippen LogP contribution in [0.2, 0.25) is 0 Å². The second-order valence-electron chi connectivity index (χ2n) is 4.04. The van der Waals surface area contributed by atoms with Gasteiger partial charge in [-0.05, 0) is 18.6 Å². The van der Waals surface area contributed by atoms with Crippen molar-refractivity contribution in [1.82, 2.24) is 15.6 Å². The fourth-order valence-corrected chi connectivity index (χ4v) is 1.44. The first-order valence-corrected chi connectivity index (χ1v) is 6.36. The predicted octanol–water partition coefficient (Wildman–Crippen LogP) is 0.769. The monoisotopic (exact) mass is 264 g/mol. The summed E-state index contributed by atoms with van der Waals surface area (Å²) in [6, 6.07) is 3.52. The molecule has 19 heavy (non-hydrogen) atoms. The summed E-state index contributed by atoms with van der Waals surface area (Å²) in [6.07, 6.45) is 2.86. The van der Waals surface area contributed by atoms with E-state index in [9.17, 15) is 9.59 Å². The average molecular weight is 264 g/mol. The van der Waals surface area contributed by atoms with Gasteiger partial charge in [0.05, 0.1) is 0 Å². The van der Waals surface area contributed by atoms with Crippen molar-refractivity contribution in [3.05, 3.63) is 24.0 Å². The van der Waals surface area contributed by atoms with Gasteiger partial charge in [0.25, 0.3) is 5.91 Å². The number of carbonyl (C=O) groups is 2. The molecule has 0 radical (unpaired) electrons. The first-order valence-electron chi connectivity index (χ1n) is 6.36. The van der Waals surface area contributed by atoms with E-state index in [4.69, 9.17) is 0 Å². The van der Waals surface area contributed by atoms with Crippen LogP contribution in [0, 0.1) is 0 Å². The third-order valence-electron chi connectivity index (χ3n) is 2.49. The molecule has 0 aliphatic heterocycles. The van der Waals surface area contributed by atoms with Crippen molar-refractivity contribution < 1.29 is 9.59 Å². The molecule has 2 amide bonds. The van der Waals surface area contributed by atoms with Gasteiger partial charge < -0.3 is 16.0 Å². The average Bonchev–Trinajstić information content (AvgIpc) is 2.45. The zero-order valence-electron chi connectivity index (χ0n) is 11.3. The van der Waals surface area contributed by atoms with E-state index in [2.05, 4.69) is 27.9 Å². The first kappa shape index (κ1) is 14.9. The molecule has 6 nitrogen and oxygen atoms in total. The summed E-state index contributed by atoms with van der Waals surface area (Å²) in [7, 11) is 1.56. The van der Waals surface area contributed by atoms with E-state index in [1.165, 1.54) is 0 Å². The molecule has 0 bridgehead atoms. The van der Waals surface area contributed by atoms with Gasteiger partial charge in [-0.25, -0.2) is 0 Å². The Morgan fingerprint density at radius 3 is 2.79 bits per heavy atom. The number of rotatable bonds is 7. The van der Waals surface area contributed by atoms with Crippen LogP contribution >= 0.6 is 0 Å². The Balaban J connectivity index is 2.49. The van der Waals surface area contributed by atoms with E-state index in [0.29, 0.717) is 12.2 Å². The second-order valence-corrected chi connectivity index (χ2v) is 4.04. The lowest BCUT2D eigenvalue weighted by molar-refractivity contribution is -0.120. The van der Waals surface area contributed by atoms with Gasteiger partial charge in [0.1, 0.15) is 5.69 Å².